The minimum absolute atomic E-state index is 0.670. The van der Waals surface area contributed by atoms with Gasteiger partial charge in [-0.15, -0.1) is 0 Å². The van der Waals surface area contributed by atoms with Crippen LogP contribution in [0.2, 0.25) is 0 Å². The van der Waals surface area contributed by atoms with Crippen molar-refractivity contribution in [2.24, 2.45) is 7.05 Å². The summed E-state index contributed by atoms with van der Waals surface area (Å²) in [6.07, 6.45) is 7.02. The van der Waals surface area contributed by atoms with Crippen LogP contribution in [0.5, 0.6) is 0 Å². The zero-order valence-corrected chi connectivity index (χ0v) is 18.4. The molecule has 0 spiro atoms. The molecule has 1 fully saturated rings. The van der Waals surface area contributed by atoms with Gasteiger partial charge in [0.05, 0.1) is 18.3 Å². The second-order valence-corrected chi connectivity index (χ2v) is 7.90. The Morgan fingerprint density at radius 3 is 2.58 bits per heavy atom. The highest BCUT2D eigenvalue weighted by Crippen LogP contribution is 2.23. The van der Waals surface area contributed by atoms with Gasteiger partial charge in [-0.25, -0.2) is 14.6 Å². The number of aromatic nitrogens is 8. The number of hydrogen-bond acceptors (Lipinski definition) is 8. The van der Waals surface area contributed by atoms with E-state index in [9.17, 15) is 0 Å². The lowest BCUT2D eigenvalue weighted by Crippen LogP contribution is -2.47. The molecule has 4 aromatic heterocycles. The van der Waals surface area contributed by atoms with Gasteiger partial charge in [-0.1, -0.05) is 0 Å². The Kier molecular flexibility index (Phi) is 5.20. The topological polar surface area (TPSA) is 85.7 Å². The molecular formula is C20H24N10S. The van der Waals surface area contributed by atoms with Gasteiger partial charge in [-0.3, -0.25) is 14.6 Å². The number of pyridine rings is 1. The number of fused-ring (bicyclic) bond motifs is 1. The molecule has 0 aromatic carbocycles. The van der Waals surface area contributed by atoms with Crippen LogP contribution >= 0.6 is 12.2 Å². The van der Waals surface area contributed by atoms with Crippen molar-refractivity contribution in [3.05, 3.63) is 41.8 Å². The van der Waals surface area contributed by atoms with Crippen molar-refractivity contribution in [1.29, 1.82) is 0 Å². The van der Waals surface area contributed by atoms with E-state index in [1.807, 2.05) is 30.1 Å². The lowest BCUT2D eigenvalue weighted by Gasteiger charge is -2.35. The first kappa shape index (κ1) is 19.8. The van der Waals surface area contributed by atoms with E-state index < -0.39 is 0 Å². The largest absolute Gasteiger partial charge is 0.353 e. The molecule has 4 aromatic rings. The van der Waals surface area contributed by atoms with Crippen LogP contribution in [0.1, 0.15) is 6.92 Å². The molecule has 5 rings (SSSR count). The third kappa shape index (κ3) is 3.59. The molecule has 0 unspecified atom stereocenters. The minimum Gasteiger partial charge on any atom is -0.353 e. The maximum atomic E-state index is 5.72. The van der Waals surface area contributed by atoms with Crippen molar-refractivity contribution >= 4 is 29.1 Å². The molecule has 1 aliphatic rings. The summed E-state index contributed by atoms with van der Waals surface area (Å²) in [5, 5.41) is 10.1. The highest BCUT2D eigenvalue weighted by molar-refractivity contribution is 7.71. The van der Waals surface area contributed by atoms with Gasteiger partial charge in [0.2, 0.25) is 0 Å². The summed E-state index contributed by atoms with van der Waals surface area (Å²) in [7, 11) is 1.90. The first-order chi connectivity index (χ1) is 15.2. The zero-order chi connectivity index (χ0) is 21.4. The fourth-order valence-corrected chi connectivity index (χ4v) is 4.34. The van der Waals surface area contributed by atoms with Crippen molar-refractivity contribution in [2.75, 3.05) is 31.1 Å². The van der Waals surface area contributed by atoms with Crippen LogP contribution in [-0.4, -0.2) is 70.2 Å². The van der Waals surface area contributed by atoms with E-state index in [4.69, 9.17) is 17.3 Å². The van der Waals surface area contributed by atoms with Gasteiger partial charge in [0.25, 0.3) is 0 Å². The fraction of sp³-hybridized carbons (Fsp3) is 0.400. The van der Waals surface area contributed by atoms with Gasteiger partial charge >= 0.3 is 0 Å². The van der Waals surface area contributed by atoms with Gasteiger partial charge in [-0.05, 0) is 31.3 Å². The minimum atomic E-state index is 0.670. The SMILES string of the molecule is CCn1c(-c2ccncc2)nn(CN2CCN(c3ncnc4c3cnn4C)CC2)c1=S. The molecule has 0 N–H and O–H groups in total. The highest BCUT2D eigenvalue weighted by Gasteiger charge is 2.22. The number of rotatable bonds is 5. The third-order valence-electron chi connectivity index (χ3n) is 5.69. The molecule has 0 bridgehead atoms. The normalized spacial score (nSPS) is 15.1. The quantitative estimate of drug-likeness (QED) is 0.439. The molecule has 31 heavy (non-hydrogen) atoms. The summed E-state index contributed by atoms with van der Waals surface area (Å²) in [5.74, 6) is 1.83. The predicted molar refractivity (Wildman–Crippen MR) is 120 cm³/mol. The summed E-state index contributed by atoms with van der Waals surface area (Å²) >= 11 is 5.72. The Bertz CT molecular complexity index is 1250. The van der Waals surface area contributed by atoms with Gasteiger partial charge in [0, 0.05) is 57.7 Å². The summed E-state index contributed by atoms with van der Waals surface area (Å²) in [6.45, 7) is 7.09. The molecule has 0 radical (unpaired) electrons. The molecule has 1 aliphatic heterocycles. The standard InChI is InChI=1S/C20H24N10S/c1-3-29-17(15-4-6-21-7-5-15)25-30(20(29)31)14-27-8-10-28(11-9-27)19-16-12-24-26(2)18(16)22-13-23-19/h4-7,12-13H,3,8-11,14H2,1-2H3. The third-order valence-corrected chi connectivity index (χ3v) is 6.12. The average Bonchev–Trinajstić information content (AvgIpc) is 3.34. The maximum absolute atomic E-state index is 5.72. The molecule has 5 heterocycles. The van der Waals surface area contributed by atoms with E-state index >= 15 is 0 Å². The second-order valence-electron chi connectivity index (χ2n) is 7.54. The number of hydrogen-bond donors (Lipinski definition) is 0. The van der Waals surface area contributed by atoms with Gasteiger partial charge in [0.15, 0.2) is 16.2 Å². The number of piperazine rings is 1. The first-order valence-corrected chi connectivity index (χ1v) is 10.7. The monoisotopic (exact) mass is 436 g/mol. The van der Waals surface area contributed by atoms with Crippen molar-refractivity contribution in [3.8, 4) is 11.4 Å². The van der Waals surface area contributed by atoms with Gasteiger partial charge in [0.1, 0.15) is 12.1 Å². The van der Waals surface area contributed by atoms with Crippen LogP contribution in [0.4, 0.5) is 5.82 Å². The Labute approximate surface area is 184 Å². The van der Waals surface area contributed by atoms with Gasteiger partial charge < -0.3 is 9.47 Å². The molecule has 10 nitrogen and oxygen atoms in total. The second kappa shape index (κ2) is 8.16. The Hall–Kier alpha value is -3.18. The maximum Gasteiger partial charge on any atom is 0.199 e. The first-order valence-electron chi connectivity index (χ1n) is 10.3. The van der Waals surface area contributed by atoms with Crippen molar-refractivity contribution in [3.63, 3.8) is 0 Å². The molecule has 0 aliphatic carbocycles. The lowest BCUT2D eigenvalue weighted by molar-refractivity contribution is 0.194. The summed E-state index contributed by atoms with van der Waals surface area (Å²) in [4.78, 5) is 17.6. The Balaban J connectivity index is 1.32. The van der Waals surface area contributed by atoms with E-state index in [2.05, 4.69) is 41.3 Å². The van der Waals surface area contributed by atoms with E-state index in [0.29, 0.717) is 6.67 Å². The molecule has 0 atom stereocenters. The molecule has 11 heteroatoms. The molecule has 0 saturated carbocycles. The summed E-state index contributed by atoms with van der Waals surface area (Å²) in [6, 6.07) is 3.93. The zero-order valence-electron chi connectivity index (χ0n) is 17.6. The predicted octanol–water partition coefficient (Wildman–Crippen LogP) is 1.95. The highest BCUT2D eigenvalue weighted by atomic mass is 32.1. The molecular weight excluding hydrogens is 412 g/mol. The smallest absolute Gasteiger partial charge is 0.199 e. The fourth-order valence-electron chi connectivity index (χ4n) is 4.02. The van der Waals surface area contributed by atoms with Crippen LogP contribution in [0, 0.1) is 4.77 Å². The summed E-state index contributed by atoms with van der Waals surface area (Å²) in [5.41, 5.74) is 1.88. The van der Waals surface area contributed by atoms with Gasteiger partial charge in [-0.2, -0.15) is 10.2 Å². The van der Waals surface area contributed by atoms with Crippen molar-refractivity contribution in [2.45, 2.75) is 20.1 Å². The lowest BCUT2D eigenvalue weighted by atomic mass is 10.2. The van der Waals surface area contributed by atoms with Crippen molar-refractivity contribution in [1.82, 2.24) is 44.0 Å². The van der Waals surface area contributed by atoms with Crippen LogP contribution in [-0.2, 0) is 20.3 Å². The summed E-state index contributed by atoms with van der Waals surface area (Å²) < 4.78 is 6.52. The molecule has 0 amide bonds. The van der Waals surface area contributed by atoms with Crippen LogP contribution in [0.3, 0.4) is 0 Å². The van der Waals surface area contributed by atoms with Crippen LogP contribution in [0.15, 0.2) is 37.1 Å². The average molecular weight is 437 g/mol. The number of nitrogens with zero attached hydrogens (tertiary/aromatic N) is 10. The van der Waals surface area contributed by atoms with Crippen LogP contribution in [0.25, 0.3) is 22.4 Å². The number of aryl methyl sites for hydroxylation is 1. The van der Waals surface area contributed by atoms with E-state index in [1.165, 1.54) is 0 Å². The van der Waals surface area contributed by atoms with E-state index in [-0.39, 0.29) is 0 Å². The molecule has 1 saturated heterocycles. The van der Waals surface area contributed by atoms with E-state index in [0.717, 1.165) is 65.7 Å². The number of anilines is 1. The van der Waals surface area contributed by atoms with Crippen LogP contribution < -0.4 is 4.90 Å². The Morgan fingerprint density at radius 2 is 1.84 bits per heavy atom. The Morgan fingerprint density at radius 1 is 1.06 bits per heavy atom. The molecule has 160 valence electrons. The van der Waals surface area contributed by atoms with E-state index in [1.54, 1.807) is 23.4 Å². The van der Waals surface area contributed by atoms with Crippen molar-refractivity contribution < 1.29 is 0 Å².